The van der Waals surface area contributed by atoms with Gasteiger partial charge in [-0.15, -0.1) is 0 Å². The minimum absolute atomic E-state index is 0.993. The highest BCUT2D eigenvalue weighted by atomic mass is 15.8. The maximum absolute atomic E-state index is 4.14. The highest BCUT2D eigenvalue weighted by molar-refractivity contribution is 5.44. The fourth-order valence-electron chi connectivity index (χ4n) is 2.21. The molecule has 1 aromatic carbocycles. The number of imidazole rings is 1. The maximum Gasteiger partial charge on any atom is 0.116 e. The predicted octanol–water partition coefficient (Wildman–Crippen LogP) is 0.973. The molecule has 1 saturated heterocycles. The molecule has 94 valence electrons. The first-order valence-corrected chi connectivity index (χ1v) is 6.24. The lowest BCUT2D eigenvalue weighted by Gasteiger charge is -2.38. The molecule has 2 heterocycles. The van der Waals surface area contributed by atoms with E-state index in [1.165, 1.54) is 0 Å². The molecule has 1 aliphatic rings. The normalized spacial score (nSPS) is 16.7. The average Bonchev–Trinajstić information content (AvgIpc) is 2.95. The Bertz CT molecular complexity index is 461. The monoisotopic (exact) mass is 243 g/mol. The summed E-state index contributed by atoms with van der Waals surface area (Å²) in [5.41, 5.74) is 1.15. The van der Waals surface area contributed by atoms with Crippen LogP contribution in [0, 0.1) is 0 Å². The number of benzene rings is 1. The molecule has 1 aromatic heterocycles. The van der Waals surface area contributed by atoms with Gasteiger partial charge in [0, 0.05) is 38.6 Å². The van der Waals surface area contributed by atoms with Crippen molar-refractivity contribution in [3.05, 3.63) is 49.1 Å². The third-order valence-electron chi connectivity index (χ3n) is 3.06. The SMILES string of the molecule is c1ccc(N(N2CCNCC2)n2ccnc2)cc1. The summed E-state index contributed by atoms with van der Waals surface area (Å²) >= 11 is 0. The molecule has 3 rings (SSSR count). The van der Waals surface area contributed by atoms with Crippen molar-refractivity contribution < 1.29 is 0 Å². The van der Waals surface area contributed by atoms with Crippen molar-refractivity contribution in [2.24, 2.45) is 0 Å². The molecule has 1 N–H and O–H groups in total. The molecule has 18 heavy (non-hydrogen) atoms. The molecule has 1 aliphatic heterocycles. The molecular weight excluding hydrogens is 226 g/mol. The van der Waals surface area contributed by atoms with Gasteiger partial charge in [-0.3, -0.25) is 0 Å². The van der Waals surface area contributed by atoms with E-state index < -0.39 is 0 Å². The fourth-order valence-corrected chi connectivity index (χ4v) is 2.21. The molecule has 0 saturated carbocycles. The van der Waals surface area contributed by atoms with E-state index in [2.05, 4.69) is 44.7 Å². The third kappa shape index (κ3) is 2.23. The topological polar surface area (TPSA) is 36.3 Å². The van der Waals surface area contributed by atoms with E-state index in [1.54, 1.807) is 6.20 Å². The van der Waals surface area contributed by atoms with Gasteiger partial charge in [0.05, 0.1) is 5.69 Å². The minimum atomic E-state index is 0.993. The minimum Gasteiger partial charge on any atom is -0.314 e. The number of hydrogen-bond acceptors (Lipinski definition) is 4. The van der Waals surface area contributed by atoms with Crippen LogP contribution in [0.3, 0.4) is 0 Å². The van der Waals surface area contributed by atoms with Crippen LogP contribution in [0.4, 0.5) is 5.69 Å². The lowest BCUT2D eigenvalue weighted by Crippen LogP contribution is -2.54. The van der Waals surface area contributed by atoms with Gasteiger partial charge in [0.1, 0.15) is 6.33 Å². The van der Waals surface area contributed by atoms with Crippen molar-refractivity contribution in [3.63, 3.8) is 0 Å². The molecule has 0 spiro atoms. The molecule has 1 fully saturated rings. The number of nitrogens with one attached hydrogen (secondary N) is 1. The summed E-state index contributed by atoms with van der Waals surface area (Å²) < 4.78 is 2.01. The second-order valence-corrected chi connectivity index (χ2v) is 4.27. The van der Waals surface area contributed by atoms with Crippen LogP contribution in [0.5, 0.6) is 0 Å². The number of rotatable bonds is 3. The average molecular weight is 243 g/mol. The predicted molar refractivity (Wildman–Crippen MR) is 71.0 cm³/mol. The van der Waals surface area contributed by atoms with Crippen molar-refractivity contribution in [2.45, 2.75) is 0 Å². The van der Waals surface area contributed by atoms with Crippen molar-refractivity contribution >= 4 is 5.69 Å². The van der Waals surface area contributed by atoms with E-state index >= 15 is 0 Å². The summed E-state index contributed by atoms with van der Waals surface area (Å²) in [7, 11) is 0. The Labute approximate surface area is 107 Å². The Morgan fingerprint density at radius 3 is 2.56 bits per heavy atom. The lowest BCUT2D eigenvalue weighted by atomic mass is 10.3. The van der Waals surface area contributed by atoms with Crippen LogP contribution in [-0.4, -0.2) is 40.8 Å². The molecule has 5 heteroatoms. The van der Waals surface area contributed by atoms with Gasteiger partial charge in [-0.1, -0.05) is 18.2 Å². The number of hydrogen-bond donors (Lipinski definition) is 1. The van der Waals surface area contributed by atoms with Gasteiger partial charge in [0.15, 0.2) is 0 Å². The van der Waals surface area contributed by atoms with E-state index in [4.69, 9.17) is 0 Å². The molecular formula is C13H17N5. The fraction of sp³-hybridized carbons (Fsp3) is 0.308. The second-order valence-electron chi connectivity index (χ2n) is 4.27. The summed E-state index contributed by atoms with van der Waals surface area (Å²) in [6.45, 7) is 4.01. The third-order valence-corrected chi connectivity index (χ3v) is 3.06. The second kappa shape index (κ2) is 5.20. The number of para-hydroxylation sites is 1. The zero-order valence-corrected chi connectivity index (χ0v) is 10.2. The smallest absolute Gasteiger partial charge is 0.116 e. The van der Waals surface area contributed by atoms with Crippen molar-refractivity contribution in [1.82, 2.24) is 20.0 Å². The lowest BCUT2D eigenvalue weighted by molar-refractivity contribution is 0.198. The van der Waals surface area contributed by atoms with Crippen LogP contribution in [-0.2, 0) is 0 Å². The number of anilines is 1. The molecule has 2 aromatic rings. The molecule has 0 unspecified atom stereocenters. The molecule has 5 nitrogen and oxygen atoms in total. The van der Waals surface area contributed by atoms with E-state index in [1.807, 2.05) is 23.3 Å². The summed E-state index contributed by atoms with van der Waals surface area (Å²) in [5, 5.41) is 7.87. The van der Waals surface area contributed by atoms with Gasteiger partial charge < -0.3 is 5.32 Å². The standard InChI is InChI=1S/C13H17N5/c1-2-4-13(5-3-1)18(17-11-8-15-12-17)16-9-6-14-7-10-16/h1-5,8,11-12,14H,6-7,9-10H2. The molecule has 0 radical (unpaired) electrons. The highest BCUT2D eigenvalue weighted by Crippen LogP contribution is 2.17. The Balaban J connectivity index is 1.93. The van der Waals surface area contributed by atoms with Crippen molar-refractivity contribution in [3.8, 4) is 0 Å². The molecule has 0 amide bonds. The summed E-state index contributed by atoms with van der Waals surface area (Å²) in [6, 6.07) is 10.4. The number of hydrazine groups is 1. The number of aromatic nitrogens is 2. The summed E-state index contributed by atoms with van der Waals surface area (Å²) in [6.07, 6.45) is 5.60. The van der Waals surface area contributed by atoms with Crippen LogP contribution < -0.4 is 10.4 Å². The van der Waals surface area contributed by atoms with E-state index in [9.17, 15) is 0 Å². The molecule has 0 atom stereocenters. The Kier molecular flexibility index (Phi) is 3.25. The van der Waals surface area contributed by atoms with E-state index in [0.717, 1.165) is 31.9 Å². The van der Waals surface area contributed by atoms with Crippen LogP contribution in [0.2, 0.25) is 0 Å². The highest BCUT2D eigenvalue weighted by Gasteiger charge is 2.19. The zero-order valence-electron chi connectivity index (χ0n) is 10.2. The summed E-state index contributed by atoms with van der Waals surface area (Å²) in [4.78, 5) is 4.14. The Morgan fingerprint density at radius 2 is 1.89 bits per heavy atom. The van der Waals surface area contributed by atoms with Gasteiger partial charge in [-0.2, -0.15) is 5.01 Å². The van der Waals surface area contributed by atoms with Gasteiger partial charge >= 0.3 is 0 Å². The van der Waals surface area contributed by atoms with E-state index in [-0.39, 0.29) is 0 Å². The van der Waals surface area contributed by atoms with Crippen LogP contribution in [0.1, 0.15) is 0 Å². The largest absolute Gasteiger partial charge is 0.314 e. The Hall–Kier alpha value is -1.85. The van der Waals surface area contributed by atoms with Crippen LogP contribution in [0.25, 0.3) is 0 Å². The zero-order chi connectivity index (χ0) is 12.2. The maximum atomic E-state index is 4.14. The van der Waals surface area contributed by atoms with Gasteiger partial charge in [-0.05, 0) is 12.1 Å². The first-order valence-electron chi connectivity index (χ1n) is 6.24. The molecule has 0 bridgehead atoms. The van der Waals surface area contributed by atoms with Crippen LogP contribution >= 0.6 is 0 Å². The number of nitrogens with zero attached hydrogens (tertiary/aromatic N) is 4. The van der Waals surface area contributed by atoms with Gasteiger partial charge in [0.2, 0.25) is 0 Å². The van der Waals surface area contributed by atoms with E-state index in [0.29, 0.717) is 0 Å². The summed E-state index contributed by atoms with van der Waals surface area (Å²) in [5.74, 6) is 0. The first kappa shape index (κ1) is 11.3. The molecule has 0 aliphatic carbocycles. The van der Waals surface area contributed by atoms with Gasteiger partial charge in [0.25, 0.3) is 0 Å². The quantitative estimate of drug-likeness (QED) is 0.871. The first-order chi connectivity index (χ1) is 8.95. The van der Waals surface area contributed by atoms with Crippen molar-refractivity contribution in [2.75, 3.05) is 31.3 Å². The van der Waals surface area contributed by atoms with Gasteiger partial charge in [-0.25, -0.2) is 14.8 Å². The van der Waals surface area contributed by atoms with Crippen LogP contribution in [0.15, 0.2) is 49.1 Å². The Morgan fingerprint density at radius 1 is 1.11 bits per heavy atom. The number of piperazine rings is 1. The van der Waals surface area contributed by atoms with Crippen molar-refractivity contribution in [1.29, 1.82) is 0 Å².